The van der Waals surface area contributed by atoms with Gasteiger partial charge in [0.15, 0.2) is 11.9 Å². The molecule has 1 aliphatic rings. The maximum atomic E-state index is 12.6. The minimum absolute atomic E-state index is 0.0370. The Hall–Kier alpha value is -3.35. The van der Waals surface area contributed by atoms with Crippen molar-refractivity contribution in [3.63, 3.8) is 0 Å². The van der Waals surface area contributed by atoms with Crippen molar-refractivity contribution in [2.45, 2.75) is 32.8 Å². The normalized spacial score (nSPS) is 15.4. The smallest absolute Gasteiger partial charge is 0.267 e. The summed E-state index contributed by atoms with van der Waals surface area (Å²) in [5, 5.41) is 2.79. The monoisotopic (exact) mass is 396 g/mol. The number of rotatable bonds is 6. The number of hydrogen-bond acceptors (Lipinski definition) is 5. The number of Topliss-reactive ketones (excluding diaryl/α,β-unsaturated/α-hetero) is 1. The first-order chi connectivity index (χ1) is 13.8. The number of likely N-dealkylation sites (N-methyl/N-ethyl adjacent to an activating group) is 1. The van der Waals surface area contributed by atoms with Crippen molar-refractivity contribution in [2.24, 2.45) is 0 Å². The van der Waals surface area contributed by atoms with Gasteiger partial charge in [0.05, 0.1) is 18.5 Å². The molecule has 2 aromatic rings. The molecule has 0 saturated heterocycles. The molecule has 0 aromatic heterocycles. The molecule has 2 amide bonds. The van der Waals surface area contributed by atoms with Gasteiger partial charge in [0.1, 0.15) is 11.5 Å². The van der Waals surface area contributed by atoms with Crippen molar-refractivity contribution in [3.8, 4) is 11.5 Å². The molecule has 7 heteroatoms. The van der Waals surface area contributed by atoms with Crippen LogP contribution in [0, 0.1) is 6.92 Å². The molecule has 1 heterocycles. The SMILES string of the molecule is COc1ccc(C)cc1NC(=O)CCC(=O)c1ccc2c(c1)N(C)C(=O)C(C)O2. The van der Waals surface area contributed by atoms with Crippen LogP contribution in [0.25, 0.3) is 0 Å². The lowest BCUT2D eigenvalue weighted by atomic mass is 10.0. The second kappa shape index (κ2) is 8.34. The van der Waals surface area contributed by atoms with Crippen LogP contribution in [0.4, 0.5) is 11.4 Å². The number of anilines is 2. The first-order valence-electron chi connectivity index (χ1n) is 9.36. The Bertz CT molecular complexity index is 970. The molecule has 0 aliphatic carbocycles. The highest BCUT2D eigenvalue weighted by molar-refractivity contribution is 6.04. The van der Waals surface area contributed by atoms with E-state index in [1.807, 2.05) is 19.1 Å². The molecule has 29 heavy (non-hydrogen) atoms. The minimum atomic E-state index is -0.559. The molecule has 0 spiro atoms. The van der Waals surface area contributed by atoms with Gasteiger partial charge in [0, 0.05) is 25.5 Å². The van der Waals surface area contributed by atoms with E-state index in [9.17, 15) is 14.4 Å². The number of methoxy groups -OCH3 is 1. The number of carbonyl (C=O) groups is 3. The van der Waals surface area contributed by atoms with Crippen LogP contribution in [0.5, 0.6) is 11.5 Å². The van der Waals surface area contributed by atoms with Crippen LogP contribution in [-0.2, 0) is 9.59 Å². The standard InChI is InChI=1S/C22H24N2O5/c1-13-5-8-19(28-4)16(11-13)23-21(26)10-7-18(25)15-6-9-20-17(12-15)24(3)22(27)14(2)29-20/h5-6,8-9,11-12,14H,7,10H2,1-4H3,(H,23,26). The van der Waals surface area contributed by atoms with E-state index >= 15 is 0 Å². The van der Waals surface area contributed by atoms with Gasteiger partial charge in [-0.05, 0) is 49.7 Å². The van der Waals surface area contributed by atoms with Crippen LogP contribution in [0.3, 0.4) is 0 Å². The summed E-state index contributed by atoms with van der Waals surface area (Å²) in [6.45, 7) is 3.60. The third-order valence-corrected chi connectivity index (χ3v) is 4.83. The lowest BCUT2D eigenvalue weighted by Crippen LogP contribution is -2.42. The van der Waals surface area contributed by atoms with Gasteiger partial charge in [0.25, 0.3) is 5.91 Å². The number of ketones is 1. The Labute approximate surface area is 169 Å². The van der Waals surface area contributed by atoms with E-state index in [1.54, 1.807) is 38.2 Å². The van der Waals surface area contributed by atoms with Gasteiger partial charge in [-0.1, -0.05) is 6.07 Å². The molecule has 2 aromatic carbocycles. The molecule has 0 bridgehead atoms. The third kappa shape index (κ3) is 4.39. The Balaban J connectivity index is 1.65. The molecule has 3 rings (SSSR count). The van der Waals surface area contributed by atoms with Gasteiger partial charge >= 0.3 is 0 Å². The van der Waals surface area contributed by atoms with Crippen molar-refractivity contribution in [2.75, 3.05) is 24.4 Å². The van der Waals surface area contributed by atoms with Crippen molar-refractivity contribution in [1.29, 1.82) is 0 Å². The van der Waals surface area contributed by atoms with Crippen LogP contribution >= 0.6 is 0 Å². The maximum Gasteiger partial charge on any atom is 0.267 e. The van der Waals surface area contributed by atoms with E-state index in [1.165, 1.54) is 12.0 Å². The second-order valence-electron chi connectivity index (χ2n) is 7.01. The van der Waals surface area contributed by atoms with Gasteiger partial charge in [-0.2, -0.15) is 0 Å². The fraction of sp³-hybridized carbons (Fsp3) is 0.318. The van der Waals surface area contributed by atoms with Crippen LogP contribution < -0.4 is 19.7 Å². The third-order valence-electron chi connectivity index (χ3n) is 4.83. The largest absolute Gasteiger partial charge is 0.495 e. The maximum absolute atomic E-state index is 12.6. The lowest BCUT2D eigenvalue weighted by molar-refractivity contribution is -0.125. The summed E-state index contributed by atoms with van der Waals surface area (Å²) in [7, 11) is 3.18. The highest BCUT2D eigenvalue weighted by atomic mass is 16.5. The highest BCUT2D eigenvalue weighted by Gasteiger charge is 2.29. The first-order valence-corrected chi connectivity index (χ1v) is 9.36. The predicted molar refractivity (Wildman–Crippen MR) is 110 cm³/mol. The molecule has 1 atom stereocenters. The minimum Gasteiger partial charge on any atom is -0.495 e. The van der Waals surface area contributed by atoms with E-state index in [2.05, 4.69) is 5.32 Å². The lowest BCUT2D eigenvalue weighted by Gasteiger charge is -2.30. The fourth-order valence-electron chi connectivity index (χ4n) is 3.19. The van der Waals surface area contributed by atoms with Crippen molar-refractivity contribution >= 4 is 29.0 Å². The highest BCUT2D eigenvalue weighted by Crippen LogP contribution is 2.34. The predicted octanol–water partition coefficient (Wildman–Crippen LogP) is 3.35. The fourth-order valence-corrected chi connectivity index (χ4v) is 3.19. The zero-order valence-corrected chi connectivity index (χ0v) is 16.9. The van der Waals surface area contributed by atoms with Crippen molar-refractivity contribution in [1.82, 2.24) is 0 Å². The first kappa shape index (κ1) is 20.4. The topological polar surface area (TPSA) is 84.9 Å². The molecule has 0 saturated carbocycles. The molecular weight excluding hydrogens is 372 g/mol. The summed E-state index contributed by atoms with van der Waals surface area (Å²) in [4.78, 5) is 38.4. The van der Waals surface area contributed by atoms with Gasteiger partial charge in [-0.3, -0.25) is 14.4 Å². The average molecular weight is 396 g/mol. The average Bonchev–Trinajstić information content (AvgIpc) is 2.70. The second-order valence-corrected chi connectivity index (χ2v) is 7.01. The van der Waals surface area contributed by atoms with E-state index in [0.29, 0.717) is 28.4 Å². The quantitative estimate of drug-likeness (QED) is 0.757. The van der Waals surface area contributed by atoms with E-state index < -0.39 is 6.10 Å². The van der Waals surface area contributed by atoms with Crippen LogP contribution in [-0.4, -0.2) is 37.9 Å². The Morgan fingerprint density at radius 3 is 2.66 bits per heavy atom. The number of nitrogens with zero attached hydrogens (tertiary/aromatic N) is 1. The zero-order valence-electron chi connectivity index (χ0n) is 16.9. The molecule has 0 radical (unpaired) electrons. The van der Waals surface area contributed by atoms with Crippen LogP contribution in [0.15, 0.2) is 36.4 Å². The molecule has 1 unspecified atom stereocenters. The zero-order chi connectivity index (χ0) is 21.1. The number of fused-ring (bicyclic) bond motifs is 1. The molecule has 1 aliphatic heterocycles. The van der Waals surface area contributed by atoms with E-state index in [-0.39, 0.29) is 30.4 Å². The van der Waals surface area contributed by atoms with Gasteiger partial charge in [0.2, 0.25) is 5.91 Å². The summed E-state index contributed by atoms with van der Waals surface area (Å²) in [5.74, 6) is 0.490. The molecular formula is C22H24N2O5. The summed E-state index contributed by atoms with van der Waals surface area (Å²) >= 11 is 0. The summed E-state index contributed by atoms with van der Waals surface area (Å²) in [5.41, 5.74) is 2.54. The molecule has 0 fully saturated rings. The molecule has 152 valence electrons. The molecule has 7 nitrogen and oxygen atoms in total. The van der Waals surface area contributed by atoms with Crippen LogP contribution in [0.2, 0.25) is 0 Å². The number of hydrogen-bond donors (Lipinski definition) is 1. The number of amides is 2. The van der Waals surface area contributed by atoms with Gasteiger partial charge < -0.3 is 19.7 Å². The summed E-state index contributed by atoms with van der Waals surface area (Å²) in [6.07, 6.45) is -0.473. The molecule has 1 N–H and O–H groups in total. The number of nitrogens with one attached hydrogen (secondary N) is 1. The van der Waals surface area contributed by atoms with Crippen molar-refractivity contribution < 1.29 is 23.9 Å². The Kier molecular flexibility index (Phi) is 5.87. The van der Waals surface area contributed by atoms with Crippen molar-refractivity contribution in [3.05, 3.63) is 47.5 Å². The van der Waals surface area contributed by atoms with E-state index in [0.717, 1.165) is 5.56 Å². The number of aryl methyl sites for hydroxylation is 1. The summed E-state index contributed by atoms with van der Waals surface area (Å²) < 4.78 is 10.8. The number of ether oxygens (including phenoxy) is 2. The number of carbonyl (C=O) groups excluding carboxylic acids is 3. The summed E-state index contributed by atoms with van der Waals surface area (Å²) in [6, 6.07) is 10.4. The van der Waals surface area contributed by atoms with Gasteiger partial charge in [-0.25, -0.2) is 0 Å². The van der Waals surface area contributed by atoms with E-state index in [4.69, 9.17) is 9.47 Å². The number of benzene rings is 2. The Morgan fingerprint density at radius 2 is 1.93 bits per heavy atom. The van der Waals surface area contributed by atoms with Gasteiger partial charge in [-0.15, -0.1) is 0 Å². The Morgan fingerprint density at radius 1 is 1.17 bits per heavy atom. The van der Waals surface area contributed by atoms with Crippen LogP contribution in [0.1, 0.15) is 35.7 Å².